The molecule has 3 aromatic carbocycles. The number of imide groups is 1. The van der Waals surface area contributed by atoms with E-state index in [1.54, 1.807) is 25.0 Å². The van der Waals surface area contributed by atoms with Crippen LogP contribution in [-0.4, -0.2) is 47.1 Å². The fraction of sp³-hybridized carbons (Fsp3) is 0.310. The number of esters is 1. The first kappa shape index (κ1) is 25.9. The molecule has 1 aliphatic rings. The van der Waals surface area contributed by atoms with Crippen LogP contribution in [0.4, 0.5) is 4.79 Å². The Morgan fingerprint density at radius 1 is 1.03 bits per heavy atom. The SMILES string of the molecule is CCOC(=O)CCCCN1C(=O)N(Cc2ccc3ccc(C=NN)cc3c2)C(=O)C1(C)c1ccccc1. The highest BCUT2D eigenvalue weighted by Crippen LogP contribution is 2.38. The minimum atomic E-state index is -1.14. The number of rotatable bonds is 10. The molecule has 0 radical (unpaired) electrons. The number of benzene rings is 3. The van der Waals surface area contributed by atoms with Gasteiger partial charge in [-0.3, -0.25) is 14.5 Å². The average Bonchev–Trinajstić information content (AvgIpc) is 3.08. The van der Waals surface area contributed by atoms with E-state index in [2.05, 4.69) is 5.10 Å². The third-order valence-corrected chi connectivity index (χ3v) is 6.81. The Hall–Kier alpha value is -4.20. The minimum absolute atomic E-state index is 0.157. The molecule has 37 heavy (non-hydrogen) atoms. The molecular formula is C29H32N4O4. The van der Waals surface area contributed by atoms with E-state index < -0.39 is 5.54 Å². The predicted octanol–water partition coefficient (Wildman–Crippen LogP) is 4.55. The van der Waals surface area contributed by atoms with Crippen LogP contribution in [0.15, 0.2) is 71.8 Å². The topological polar surface area (TPSA) is 105 Å². The second-order valence-electron chi connectivity index (χ2n) is 9.24. The Kier molecular flexibility index (Phi) is 7.86. The van der Waals surface area contributed by atoms with E-state index in [9.17, 15) is 14.4 Å². The van der Waals surface area contributed by atoms with Crippen molar-refractivity contribution < 1.29 is 19.1 Å². The first-order chi connectivity index (χ1) is 17.9. The molecule has 3 amide bonds. The molecule has 1 saturated heterocycles. The second kappa shape index (κ2) is 11.2. The first-order valence-corrected chi connectivity index (χ1v) is 12.5. The van der Waals surface area contributed by atoms with E-state index >= 15 is 0 Å². The van der Waals surface area contributed by atoms with E-state index in [1.807, 2.05) is 66.7 Å². The molecule has 1 fully saturated rings. The maximum Gasteiger partial charge on any atom is 0.328 e. The van der Waals surface area contributed by atoms with Crippen LogP contribution in [0.5, 0.6) is 0 Å². The van der Waals surface area contributed by atoms with Gasteiger partial charge in [0.15, 0.2) is 0 Å². The van der Waals surface area contributed by atoms with Gasteiger partial charge in [0.25, 0.3) is 5.91 Å². The summed E-state index contributed by atoms with van der Waals surface area (Å²) in [6, 6.07) is 20.8. The Balaban J connectivity index is 1.59. The van der Waals surface area contributed by atoms with Crippen molar-refractivity contribution in [2.24, 2.45) is 10.9 Å². The summed E-state index contributed by atoms with van der Waals surface area (Å²) in [6.07, 6.45) is 3.00. The lowest BCUT2D eigenvalue weighted by Crippen LogP contribution is -2.44. The van der Waals surface area contributed by atoms with Crippen molar-refractivity contribution in [1.82, 2.24) is 9.80 Å². The van der Waals surface area contributed by atoms with Crippen molar-refractivity contribution in [3.05, 3.63) is 83.4 Å². The van der Waals surface area contributed by atoms with Gasteiger partial charge in [-0.15, -0.1) is 0 Å². The van der Waals surface area contributed by atoms with Crippen molar-refractivity contribution in [2.75, 3.05) is 13.2 Å². The predicted molar refractivity (Wildman–Crippen MR) is 143 cm³/mol. The van der Waals surface area contributed by atoms with Gasteiger partial charge in [0, 0.05) is 13.0 Å². The quantitative estimate of drug-likeness (QED) is 0.110. The summed E-state index contributed by atoms with van der Waals surface area (Å²) in [5, 5.41) is 5.59. The number of fused-ring (bicyclic) bond motifs is 1. The molecule has 8 nitrogen and oxygen atoms in total. The Bertz CT molecular complexity index is 1320. The van der Waals surface area contributed by atoms with Crippen LogP contribution in [0, 0.1) is 0 Å². The van der Waals surface area contributed by atoms with Crippen LogP contribution >= 0.6 is 0 Å². The molecule has 2 N–H and O–H groups in total. The molecule has 1 heterocycles. The van der Waals surface area contributed by atoms with Gasteiger partial charge >= 0.3 is 12.0 Å². The summed E-state index contributed by atoms with van der Waals surface area (Å²) in [4.78, 5) is 42.2. The lowest BCUT2D eigenvalue weighted by molar-refractivity contribution is -0.143. The Labute approximate surface area is 216 Å². The zero-order chi connectivity index (χ0) is 26.4. The summed E-state index contributed by atoms with van der Waals surface area (Å²) < 4.78 is 5.00. The third-order valence-electron chi connectivity index (χ3n) is 6.81. The molecule has 0 aromatic heterocycles. The van der Waals surface area contributed by atoms with Crippen molar-refractivity contribution in [1.29, 1.82) is 0 Å². The van der Waals surface area contributed by atoms with E-state index in [1.165, 1.54) is 4.90 Å². The summed E-state index contributed by atoms with van der Waals surface area (Å²) in [7, 11) is 0. The first-order valence-electron chi connectivity index (χ1n) is 12.5. The number of hydrogen-bond donors (Lipinski definition) is 1. The van der Waals surface area contributed by atoms with Crippen LogP contribution in [0.3, 0.4) is 0 Å². The van der Waals surface area contributed by atoms with E-state index in [-0.39, 0.29) is 30.9 Å². The highest BCUT2D eigenvalue weighted by atomic mass is 16.5. The summed E-state index contributed by atoms with van der Waals surface area (Å²) >= 11 is 0. The van der Waals surface area contributed by atoms with Crippen LogP contribution < -0.4 is 5.84 Å². The number of hydrogen-bond acceptors (Lipinski definition) is 6. The van der Waals surface area contributed by atoms with Gasteiger partial charge in [-0.2, -0.15) is 5.10 Å². The van der Waals surface area contributed by atoms with Crippen molar-refractivity contribution in [2.45, 2.75) is 45.2 Å². The van der Waals surface area contributed by atoms with Crippen molar-refractivity contribution in [3.8, 4) is 0 Å². The highest BCUT2D eigenvalue weighted by molar-refractivity contribution is 6.07. The van der Waals surface area contributed by atoms with Crippen LogP contribution in [0.1, 0.15) is 49.8 Å². The molecule has 0 bridgehead atoms. The van der Waals surface area contributed by atoms with Gasteiger partial charge in [-0.1, -0.05) is 54.6 Å². The maximum atomic E-state index is 13.8. The zero-order valence-corrected chi connectivity index (χ0v) is 21.2. The van der Waals surface area contributed by atoms with Gasteiger partial charge in [0.05, 0.1) is 19.4 Å². The number of hydrazone groups is 1. The number of unbranched alkanes of at least 4 members (excludes halogenated alkanes) is 1. The Morgan fingerprint density at radius 3 is 2.51 bits per heavy atom. The second-order valence-corrected chi connectivity index (χ2v) is 9.24. The molecule has 8 heteroatoms. The summed E-state index contributed by atoms with van der Waals surface area (Å²) in [6.45, 7) is 4.42. The summed E-state index contributed by atoms with van der Waals surface area (Å²) in [5.41, 5.74) is 1.33. The van der Waals surface area contributed by atoms with Crippen molar-refractivity contribution in [3.63, 3.8) is 0 Å². The fourth-order valence-electron chi connectivity index (χ4n) is 4.84. The molecule has 0 aliphatic carbocycles. The fourth-order valence-corrected chi connectivity index (χ4v) is 4.84. The lowest BCUT2D eigenvalue weighted by atomic mass is 9.90. The molecule has 4 rings (SSSR count). The van der Waals surface area contributed by atoms with E-state index in [0.717, 1.165) is 27.5 Å². The van der Waals surface area contributed by atoms with E-state index in [0.29, 0.717) is 26.0 Å². The van der Waals surface area contributed by atoms with Crippen LogP contribution in [0.25, 0.3) is 10.8 Å². The normalized spacial score (nSPS) is 17.8. The standard InChI is InChI=1S/C29H32N4O4/c1-3-37-26(34)11-7-8-16-33-28(36)32(27(35)29(33,2)25-9-5-4-6-10-25)20-22-13-15-23-14-12-21(19-31-30)17-24(23)18-22/h4-6,9-10,12-15,17-19H,3,7-8,11,16,20,30H2,1-2H3. The number of carbonyl (C=O) groups excluding carboxylic acids is 3. The highest BCUT2D eigenvalue weighted by Gasteiger charge is 2.54. The van der Waals surface area contributed by atoms with Gasteiger partial charge in [-0.05, 0) is 66.3 Å². The van der Waals surface area contributed by atoms with Crippen molar-refractivity contribution >= 4 is 34.9 Å². The van der Waals surface area contributed by atoms with Crippen LogP contribution in [0.2, 0.25) is 0 Å². The zero-order valence-electron chi connectivity index (χ0n) is 21.2. The largest absolute Gasteiger partial charge is 0.466 e. The molecule has 0 saturated carbocycles. The number of nitrogens with two attached hydrogens (primary N) is 1. The Morgan fingerprint density at radius 2 is 1.78 bits per heavy atom. The molecule has 3 aromatic rings. The van der Waals surface area contributed by atoms with Gasteiger partial charge in [0.2, 0.25) is 0 Å². The number of carbonyl (C=O) groups is 3. The molecular weight excluding hydrogens is 468 g/mol. The molecule has 1 atom stereocenters. The van der Waals surface area contributed by atoms with Gasteiger partial charge in [-0.25, -0.2) is 4.79 Å². The van der Waals surface area contributed by atoms with Gasteiger partial charge in [0.1, 0.15) is 5.54 Å². The maximum absolute atomic E-state index is 13.8. The number of ether oxygens (including phenoxy) is 1. The average molecular weight is 501 g/mol. The van der Waals surface area contributed by atoms with Gasteiger partial charge < -0.3 is 15.5 Å². The molecule has 192 valence electrons. The van der Waals surface area contributed by atoms with E-state index in [4.69, 9.17) is 10.6 Å². The number of urea groups is 1. The number of nitrogens with zero attached hydrogens (tertiary/aromatic N) is 3. The smallest absolute Gasteiger partial charge is 0.328 e. The molecule has 1 unspecified atom stereocenters. The third kappa shape index (κ3) is 5.33. The molecule has 1 aliphatic heterocycles. The minimum Gasteiger partial charge on any atom is -0.466 e. The van der Waals surface area contributed by atoms with Crippen LogP contribution in [-0.2, 0) is 26.4 Å². The number of amides is 3. The summed E-state index contributed by atoms with van der Waals surface area (Å²) in [5.74, 6) is 4.77. The lowest BCUT2D eigenvalue weighted by Gasteiger charge is -2.32. The molecule has 0 spiro atoms. The monoisotopic (exact) mass is 500 g/mol.